The Hall–Kier alpha value is -2.43. The van der Waals surface area contributed by atoms with Crippen LogP contribution in [-0.2, 0) is 14.4 Å². The molecule has 0 radical (unpaired) electrons. The van der Waals surface area contributed by atoms with Gasteiger partial charge in [0.05, 0.1) is 6.04 Å². The van der Waals surface area contributed by atoms with E-state index in [1.807, 2.05) is 4.90 Å². The second-order valence-electron chi connectivity index (χ2n) is 4.84. The van der Waals surface area contributed by atoms with Crippen molar-refractivity contribution >= 4 is 17.5 Å². The van der Waals surface area contributed by atoms with E-state index in [9.17, 15) is 14.4 Å². The van der Waals surface area contributed by atoms with Crippen molar-refractivity contribution in [1.29, 1.82) is 0 Å². The van der Waals surface area contributed by atoms with Crippen LogP contribution in [0, 0.1) is 0 Å². The van der Waals surface area contributed by atoms with Crippen molar-refractivity contribution in [3.63, 3.8) is 0 Å². The van der Waals surface area contributed by atoms with Crippen molar-refractivity contribution in [1.82, 2.24) is 10.2 Å². The lowest BCUT2D eigenvalue weighted by Gasteiger charge is -2.37. The zero-order valence-corrected chi connectivity index (χ0v) is 11.9. The number of nitrogens with zero attached hydrogens (tertiary/aromatic N) is 1. The average Bonchev–Trinajstić information content (AvgIpc) is 2.60. The first kappa shape index (κ1) is 15.0. The molecule has 2 aliphatic rings. The number of carbonyl (C=O) groups excluding carboxylic acids is 3. The van der Waals surface area contributed by atoms with E-state index in [2.05, 4.69) is 5.32 Å². The molecule has 0 aliphatic carbocycles. The fraction of sp³-hybridized carbons (Fsp3) is 0.312. The summed E-state index contributed by atoms with van der Waals surface area (Å²) in [6.07, 6.45) is 12.3. The lowest BCUT2D eigenvalue weighted by atomic mass is 10.0. The van der Waals surface area contributed by atoms with Crippen molar-refractivity contribution in [2.24, 2.45) is 0 Å². The van der Waals surface area contributed by atoms with Crippen molar-refractivity contribution < 1.29 is 14.4 Å². The number of fused-ring (bicyclic) bond motifs is 1. The van der Waals surface area contributed by atoms with Crippen LogP contribution >= 0.6 is 0 Å². The normalized spacial score (nSPS) is 21.0. The number of amides is 1. The van der Waals surface area contributed by atoms with Crippen LogP contribution < -0.4 is 5.32 Å². The summed E-state index contributed by atoms with van der Waals surface area (Å²) in [5.41, 5.74) is 0. The molecule has 1 saturated heterocycles. The highest BCUT2D eigenvalue weighted by Gasteiger charge is 2.40. The lowest BCUT2D eigenvalue weighted by molar-refractivity contribution is -0.121. The number of hydrogen-bond donors (Lipinski definition) is 1. The third-order valence-electron chi connectivity index (χ3n) is 3.40. The van der Waals surface area contributed by atoms with Crippen LogP contribution in [0.4, 0.5) is 0 Å². The number of hydrogen-bond acceptors (Lipinski definition) is 4. The summed E-state index contributed by atoms with van der Waals surface area (Å²) >= 11 is 0. The maximum absolute atomic E-state index is 11.7. The molecule has 0 bridgehead atoms. The maximum atomic E-state index is 11.7. The molecular formula is C16H18N2O3. The Labute approximate surface area is 123 Å². The molecule has 1 atom stereocenters. The van der Waals surface area contributed by atoms with Crippen LogP contribution in [0.2, 0.25) is 0 Å². The average molecular weight is 286 g/mol. The van der Waals surface area contributed by atoms with Gasteiger partial charge in [0.1, 0.15) is 5.82 Å². The SMILES string of the molecule is CCC(=O)/C=C/C=C/C=C/C(=O)NC1=CC(=O)[C@@H]2CCN12. The molecule has 2 aliphatic heterocycles. The van der Waals surface area contributed by atoms with E-state index in [4.69, 9.17) is 0 Å². The molecule has 0 spiro atoms. The maximum Gasteiger partial charge on any atom is 0.249 e. The molecule has 110 valence electrons. The molecule has 5 heteroatoms. The molecule has 0 aromatic rings. The van der Waals surface area contributed by atoms with E-state index in [0.717, 1.165) is 13.0 Å². The fourth-order valence-corrected chi connectivity index (χ4v) is 2.11. The van der Waals surface area contributed by atoms with Gasteiger partial charge in [-0.15, -0.1) is 0 Å². The van der Waals surface area contributed by atoms with Gasteiger partial charge in [0.25, 0.3) is 0 Å². The minimum Gasteiger partial charge on any atom is -0.347 e. The second-order valence-corrected chi connectivity index (χ2v) is 4.84. The van der Waals surface area contributed by atoms with Gasteiger partial charge in [-0.05, 0) is 12.5 Å². The van der Waals surface area contributed by atoms with Gasteiger partial charge < -0.3 is 10.2 Å². The van der Waals surface area contributed by atoms with Gasteiger partial charge in [0.15, 0.2) is 11.6 Å². The first-order valence-corrected chi connectivity index (χ1v) is 6.99. The zero-order valence-electron chi connectivity index (χ0n) is 11.9. The van der Waals surface area contributed by atoms with Gasteiger partial charge in [-0.1, -0.05) is 31.2 Å². The lowest BCUT2D eigenvalue weighted by Crippen LogP contribution is -2.49. The van der Waals surface area contributed by atoms with E-state index in [-0.39, 0.29) is 23.5 Å². The minimum atomic E-state index is -0.278. The third-order valence-corrected chi connectivity index (χ3v) is 3.40. The van der Waals surface area contributed by atoms with Gasteiger partial charge in [-0.3, -0.25) is 14.4 Å². The van der Waals surface area contributed by atoms with Gasteiger partial charge in [-0.25, -0.2) is 0 Å². The molecule has 5 nitrogen and oxygen atoms in total. The number of ketones is 2. The first-order chi connectivity index (χ1) is 10.1. The third kappa shape index (κ3) is 3.78. The molecule has 2 heterocycles. The van der Waals surface area contributed by atoms with Crippen LogP contribution in [0.15, 0.2) is 48.4 Å². The summed E-state index contributed by atoms with van der Waals surface area (Å²) in [6, 6.07) is -0.0644. The largest absolute Gasteiger partial charge is 0.347 e. The Balaban J connectivity index is 1.77. The van der Waals surface area contributed by atoms with Gasteiger partial charge in [-0.2, -0.15) is 0 Å². The van der Waals surface area contributed by atoms with E-state index < -0.39 is 0 Å². The van der Waals surface area contributed by atoms with E-state index in [1.54, 1.807) is 31.2 Å². The molecular weight excluding hydrogens is 268 g/mol. The Morgan fingerprint density at radius 1 is 1.29 bits per heavy atom. The molecule has 0 aromatic heterocycles. The van der Waals surface area contributed by atoms with Crippen LogP contribution in [0.5, 0.6) is 0 Å². The smallest absolute Gasteiger partial charge is 0.249 e. The topological polar surface area (TPSA) is 66.5 Å². The van der Waals surface area contributed by atoms with Crippen LogP contribution in [0.25, 0.3) is 0 Å². The van der Waals surface area contributed by atoms with Crippen LogP contribution in [-0.4, -0.2) is 35.0 Å². The van der Waals surface area contributed by atoms with E-state index in [1.165, 1.54) is 18.2 Å². The standard InChI is InChI=1S/C16H18N2O3/c1-2-12(19)7-5-3-4-6-8-16(21)17-15-11-14(20)13-9-10-18(13)15/h3-8,11,13H,2,9-10H2,1H3,(H,17,21)/b4-3+,7-5+,8-6+/t13-/m0/s1. The van der Waals surface area contributed by atoms with E-state index >= 15 is 0 Å². The quantitative estimate of drug-likeness (QED) is 0.589. The molecule has 0 aromatic carbocycles. The Bertz CT molecular complexity index is 570. The molecule has 21 heavy (non-hydrogen) atoms. The van der Waals surface area contributed by atoms with Gasteiger partial charge >= 0.3 is 0 Å². The first-order valence-electron chi connectivity index (χ1n) is 6.99. The summed E-state index contributed by atoms with van der Waals surface area (Å²) < 4.78 is 0. The molecule has 1 amide bonds. The zero-order chi connectivity index (χ0) is 15.2. The van der Waals surface area contributed by atoms with Crippen molar-refractivity contribution in [2.75, 3.05) is 6.54 Å². The molecule has 0 unspecified atom stereocenters. The van der Waals surface area contributed by atoms with Gasteiger partial charge in [0.2, 0.25) is 5.91 Å². The number of rotatable bonds is 6. The Morgan fingerprint density at radius 2 is 2.00 bits per heavy atom. The summed E-state index contributed by atoms with van der Waals surface area (Å²) in [5.74, 6) is 0.428. The van der Waals surface area contributed by atoms with Crippen LogP contribution in [0.1, 0.15) is 19.8 Å². The summed E-state index contributed by atoms with van der Waals surface area (Å²) in [5, 5.41) is 2.69. The fourth-order valence-electron chi connectivity index (χ4n) is 2.11. The highest BCUT2D eigenvalue weighted by Crippen LogP contribution is 2.28. The highest BCUT2D eigenvalue weighted by atomic mass is 16.2. The number of carbonyl (C=O) groups is 3. The second kappa shape index (κ2) is 6.83. The number of nitrogens with one attached hydrogen (secondary N) is 1. The predicted octanol–water partition coefficient (Wildman–Crippen LogP) is 1.25. The monoisotopic (exact) mass is 286 g/mol. The van der Waals surface area contributed by atoms with E-state index in [0.29, 0.717) is 12.2 Å². The summed E-state index contributed by atoms with van der Waals surface area (Å²) in [4.78, 5) is 36.1. The number of allylic oxidation sites excluding steroid dienone is 5. The van der Waals surface area contributed by atoms with Gasteiger partial charge in [0, 0.05) is 25.1 Å². The Morgan fingerprint density at radius 3 is 2.57 bits per heavy atom. The highest BCUT2D eigenvalue weighted by molar-refractivity contribution is 5.99. The minimum absolute atomic E-state index is 0.0586. The van der Waals surface area contributed by atoms with Crippen molar-refractivity contribution in [2.45, 2.75) is 25.8 Å². The summed E-state index contributed by atoms with van der Waals surface area (Å²) in [6.45, 7) is 2.61. The molecule has 1 N–H and O–H groups in total. The molecule has 1 fully saturated rings. The molecule has 0 saturated carbocycles. The molecule has 2 rings (SSSR count). The van der Waals surface area contributed by atoms with Crippen LogP contribution in [0.3, 0.4) is 0 Å². The van der Waals surface area contributed by atoms with Crippen molar-refractivity contribution in [3.8, 4) is 0 Å². The summed E-state index contributed by atoms with van der Waals surface area (Å²) in [7, 11) is 0. The predicted molar refractivity (Wildman–Crippen MR) is 79.1 cm³/mol. The van der Waals surface area contributed by atoms with Crippen molar-refractivity contribution in [3.05, 3.63) is 48.4 Å². The Kier molecular flexibility index (Phi) is 4.87.